The summed E-state index contributed by atoms with van der Waals surface area (Å²) in [6, 6.07) is 1.92. The summed E-state index contributed by atoms with van der Waals surface area (Å²) in [5, 5.41) is 6.29. The highest BCUT2D eigenvalue weighted by Crippen LogP contribution is 2.29. The maximum absolute atomic E-state index is 13.3. The van der Waals surface area contributed by atoms with Gasteiger partial charge in [0.2, 0.25) is 6.39 Å². The normalized spacial score (nSPS) is 10.7. The summed E-state index contributed by atoms with van der Waals surface area (Å²) in [6.07, 6.45) is 1.14. The van der Waals surface area contributed by atoms with E-state index in [4.69, 9.17) is 5.73 Å². The van der Waals surface area contributed by atoms with E-state index in [1.807, 2.05) is 0 Å². The zero-order valence-electron chi connectivity index (χ0n) is 9.44. The molecular formula is C10H9F3N4O2. The van der Waals surface area contributed by atoms with Crippen molar-refractivity contribution in [3.05, 3.63) is 30.2 Å². The van der Waals surface area contributed by atoms with Gasteiger partial charge in [-0.25, -0.2) is 4.39 Å². The molecular weight excluding hydrogens is 265 g/mol. The van der Waals surface area contributed by atoms with Gasteiger partial charge in [0.25, 0.3) is 0 Å². The van der Waals surface area contributed by atoms with Gasteiger partial charge in [-0.05, 0) is 0 Å². The van der Waals surface area contributed by atoms with Crippen molar-refractivity contribution in [2.24, 2.45) is 0 Å². The number of aromatic nitrogens is 2. The molecule has 6 nitrogen and oxygen atoms in total. The van der Waals surface area contributed by atoms with E-state index in [-0.39, 0.29) is 17.9 Å². The van der Waals surface area contributed by atoms with Crippen LogP contribution in [0.15, 0.2) is 23.0 Å². The Hall–Kier alpha value is -2.45. The van der Waals surface area contributed by atoms with Gasteiger partial charge >= 0.3 is 6.61 Å². The van der Waals surface area contributed by atoms with Crippen molar-refractivity contribution in [1.29, 1.82) is 0 Å². The number of rotatable bonds is 5. The Kier molecular flexibility index (Phi) is 3.74. The van der Waals surface area contributed by atoms with Gasteiger partial charge in [-0.3, -0.25) is 0 Å². The van der Waals surface area contributed by atoms with Gasteiger partial charge in [0.15, 0.2) is 17.4 Å². The summed E-state index contributed by atoms with van der Waals surface area (Å²) in [5.74, 6) is -1.23. The third kappa shape index (κ3) is 3.27. The van der Waals surface area contributed by atoms with Gasteiger partial charge in [0, 0.05) is 12.1 Å². The summed E-state index contributed by atoms with van der Waals surface area (Å²) in [7, 11) is 0. The molecule has 0 fully saturated rings. The van der Waals surface area contributed by atoms with E-state index in [0.717, 1.165) is 18.5 Å². The second-order valence-corrected chi connectivity index (χ2v) is 3.45. The Morgan fingerprint density at radius 1 is 1.42 bits per heavy atom. The number of nitrogens with one attached hydrogen (secondary N) is 1. The minimum Gasteiger partial charge on any atom is -0.432 e. The number of anilines is 2. The van der Waals surface area contributed by atoms with E-state index in [9.17, 15) is 13.2 Å². The number of ether oxygens (including phenoxy) is 1. The first-order valence-corrected chi connectivity index (χ1v) is 5.09. The molecule has 0 atom stereocenters. The zero-order valence-corrected chi connectivity index (χ0v) is 9.44. The first-order valence-electron chi connectivity index (χ1n) is 5.09. The monoisotopic (exact) mass is 274 g/mol. The number of nitrogens with two attached hydrogens (primary N) is 1. The predicted molar refractivity (Wildman–Crippen MR) is 59.1 cm³/mol. The average molecular weight is 274 g/mol. The SMILES string of the molecule is Nc1cc(F)c(OC(F)F)cc1NCc1ncon1. The van der Waals surface area contributed by atoms with Gasteiger partial charge in [-0.2, -0.15) is 13.8 Å². The fourth-order valence-corrected chi connectivity index (χ4v) is 1.35. The maximum Gasteiger partial charge on any atom is 0.387 e. The number of nitrogen functional groups attached to an aromatic ring is 1. The average Bonchev–Trinajstić information content (AvgIpc) is 2.83. The van der Waals surface area contributed by atoms with Crippen LogP contribution in [0.25, 0.3) is 0 Å². The minimum atomic E-state index is -3.12. The number of nitrogens with zero attached hydrogens (tertiary/aromatic N) is 2. The van der Waals surface area contributed by atoms with Crippen molar-refractivity contribution >= 4 is 11.4 Å². The molecule has 3 N–H and O–H groups in total. The van der Waals surface area contributed by atoms with Gasteiger partial charge in [-0.15, -0.1) is 0 Å². The van der Waals surface area contributed by atoms with Gasteiger partial charge < -0.3 is 20.3 Å². The standard InChI is InChI=1S/C10H9F3N4O2/c11-5-1-6(14)7(2-8(5)19-10(12)13)15-3-9-16-4-18-17-9/h1-2,4,10,15H,3,14H2. The van der Waals surface area contributed by atoms with E-state index < -0.39 is 18.2 Å². The highest BCUT2D eigenvalue weighted by atomic mass is 19.3. The first kappa shape index (κ1) is 13.0. The van der Waals surface area contributed by atoms with Crippen LogP contribution in [-0.2, 0) is 6.54 Å². The molecule has 0 aliphatic heterocycles. The summed E-state index contributed by atoms with van der Waals surface area (Å²) in [5.41, 5.74) is 5.82. The lowest BCUT2D eigenvalue weighted by atomic mass is 10.2. The van der Waals surface area contributed by atoms with Crippen molar-refractivity contribution in [3.8, 4) is 5.75 Å². The molecule has 0 radical (unpaired) electrons. The lowest BCUT2D eigenvalue weighted by Gasteiger charge is -2.11. The Bertz CT molecular complexity index is 548. The summed E-state index contributed by atoms with van der Waals surface area (Å²) < 4.78 is 46.0. The highest BCUT2D eigenvalue weighted by Gasteiger charge is 2.13. The van der Waals surface area contributed by atoms with Crippen LogP contribution in [0, 0.1) is 5.82 Å². The third-order valence-corrected chi connectivity index (χ3v) is 2.16. The van der Waals surface area contributed by atoms with Crippen LogP contribution in [0.4, 0.5) is 24.5 Å². The van der Waals surface area contributed by atoms with Crippen LogP contribution in [0.5, 0.6) is 5.75 Å². The van der Waals surface area contributed by atoms with Crippen molar-refractivity contribution in [3.63, 3.8) is 0 Å². The second-order valence-electron chi connectivity index (χ2n) is 3.45. The van der Waals surface area contributed by atoms with Gasteiger partial charge in [0.05, 0.1) is 17.9 Å². The van der Waals surface area contributed by atoms with Gasteiger partial charge in [0.1, 0.15) is 0 Å². The Balaban J connectivity index is 2.15. The van der Waals surface area contributed by atoms with Crippen molar-refractivity contribution in [1.82, 2.24) is 10.1 Å². The molecule has 2 rings (SSSR count). The van der Waals surface area contributed by atoms with Crippen LogP contribution in [0.3, 0.4) is 0 Å². The molecule has 0 bridgehead atoms. The van der Waals surface area contributed by atoms with E-state index in [1.54, 1.807) is 0 Å². The van der Waals surface area contributed by atoms with E-state index >= 15 is 0 Å². The fraction of sp³-hybridized carbons (Fsp3) is 0.200. The molecule has 0 amide bonds. The third-order valence-electron chi connectivity index (χ3n) is 2.16. The summed E-state index contributed by atoms with van der Waals surface area (Å²) >= 11 is 0. The Morgan fingerprint density at radius 2 is 2.21 bits per heavy atom. The van der Waals surface area contributed by atoms with E-state index in [2.05, 4.69) is 24.7 Å². The molecule has 0 unspecified atom stereocenters. The lowest BCUT2D eigenvalue weighted by Crippen LogP contribution is -2.08. The van der Waals surface area contributed by atoms with Crippen molar-refractivity contribution in [2.45, 2.75) is 13.2 Å². The topological polar surface area (TPSA) is 86.2 Å². The predicted octanol–water partition coefficient (Wildman–Crippen LogP) is 2.00. The summed E-state index contributed by atoms with van der Waals surface area (Å²) in [6.45, 7) is -2.98. The molecule has 0 spiro atoms. The lowest BCUT2D eigenvalue weighted by molar-refractivity contribution is -0.0521. The smallest absolute Gasteiger partial charge is 0.387 e. The first-order chi connectivity index (χ1) is 9.06. The van der Waals surface area contributed by atoms with E-state index in [0.29, 0.717) is 5.82 Å². The van der Waals surface area contributed by atoms with Crippen LogP contribution < -0.4 is 15.8 Å². The molecule has 19 heavy (non-hydrogen) atoms. The molecule has 2 aromatic rings. The molecule has 0 aliphatic rings. The minimum absolute atomic E-state index is 0.0441. The van der Waals surface area contributed by atoms with Crippen LogP contribution in [0.2, 0.25) is 0 Å². The molecule has 0 saturated heterocycles. The van der Waals surface area contributed by atoms with E-state index in [1.165, 1.54) is 0 Å². The molecule has 1 heterocycles. The molecule has 1 aromatic heterocycles. The molecule has 9 heteroatoms. The Labute approximate surface area is 105 Å². The number of benzene rings is 1. The molecule has 1 aromatic carbocycles. The second kappa shape index (κ2) is 5.46. The quantitative estimate of drug-likeness (QED) is 0.811. The molecule has 0 saturated carbocycles. The maximum atomic E-state index is 13.3. The molecule has 102 valence electrons. The van der Waals surface area contributed by atoms with Crippen molar-refractivity contribution < 1.29 is 22.4 Å². The highest BCUT2D eigenvalue weighted by molar-refractivity contribution is 5.68. The Morgan fingerprint density at radius 3 is 2.84 bits per heavy atom. The van der Waals surface area contributed by atoms with Gasteiger partial charge in [-0.1, -0.05) is 5.16 Å². The largest absolute Gasteiger partial charge is 0.432 e. The molecule has 0 aliphatic carbocycles. The number of hydrogen-bond donors (Lipinski definition) is 2. The number of hydrogen-bond acceptors (Lipinski definition) is 6. The number of halogens is 3. The zero-order chi connectivity index (χ0) is 13.8. The van der Waals surface area contributed by atoms with Crippen molar-refractivity contribution in [2.75, 3.05) is 11.1 Å². The van der Waals surface area contributed by atoms with Crippen LogP contribution in [0.1, 0.15) is 5.82 Å². The summed E-state index contributed by atoms with van der Waals surface area (Å²) in [4.78, 5) is 3.74. The number of alkyl halides is 2. The van der Waals surface area contributed by atoms with Crippen LogP contribution in [-0.4, -0.2) is 16.8 Å². The van der Waals surface area contributed by atoms with Crippen LogP contribution >= 0.6 is 0 Å². The fourth-order valence-electron chi connectivity index (χ4n) is 1.35.